The number of aliphatic hydroxyl groups excluding tert-OH is 1. The fourth-order valence-corrected chi connectivity index (χ4v) is 2.81. The minimum Gasteiger partial charge on any atom is -0.463 e. The van der Waals surface area contributed by atoms with Crippen molar-refractivity contribution in [2.45, 2.75) is 36.8 Å². The van der Waals surface area contributed by atoms with E-state index in [1.165, 1.54) is 6.08 Å². The molecule has 1 aliphatic rings. The van der Waals surface area contributed by atoms with Crippen molar-refractivity contribution in [2.24, 2.45) is 5.92 Å². The van der Waals surface area contributed by atoms with Gasteiger partial charge in [-0.25, -0.2) is 4.79 Å². The predicted molar refractivity (Wildman–Crippen MR) is 68.0 cm³/mol. The summed E-state index contributed by atoms with van der Waals surface area (Å²) >= 11 is 3.43. The molecule has 0 bridgehead atoms. The van der Waals surface area contributed by atoms with Gasteiger partial charge in [0.2, 0.25) is 0 Å². The Balaban J connectivity index is 2.52. The Morgan fingerprint density at radius 1 is 1.53 bits per heavy atom. The SMILES string of the molecule is CCOC(=O)C=CC1CC(Br)C(O)C(OC)C1. The predicted octanol–water partition coefficient (Wildman–Crippen LogP) is 1.66. The zero-order valence-corrected chi connectivity index (χ0v) is 11.7. The molecule has 0 aromatic heterocycles. The molecule has 4 atom stereocenters. The van der Waals surface area contributed by atoms with Crippen molar-refractivity contribution >= 4 is 21.9 Å². The van der Waals surface area contributed by atoms with Crippen LogP contribution in [-0.4, -0.2) is 41.8 Å². The van der Waals surface area contributed by atoms with Crippen LogP contribution in [0, 0.1) is 5.92 Å². The van der Waals surface area contributed by atoms with Crippen LogP contribution in [0.1, 0.15) is 19.8 Å². The second kappa shape index (κ2) is 7.13. The maximum atomic E-state index is 11.2. The molecule has 4 nitrogen and oxygen atoms in total. The van der Waals surface area contributed by atoms with E-state index in [-0.39, 0.29) is 22.8 Å². The molecule has 1 aliphatic carbocycles. The molecule has 0 aromatic rings. The lowest BCUT2D eigenvalue weighted by molar-refractivity contribution is -0.137. The zero-order chi connectivity index (χ0) is 12.8. The summed E-state index contributed by atoms with van der Waals surface area (Å²) in [6, 6.07) is 0. The topological polar surface area (TPSA) is 55.8 Å². The quantitative estimate of drug-likeness (QED) is 0.487. The minimum atomic E-state index is -0.493. The van der Waals surface area contributed by atoms with Crippen LogP contribution in [0.15, 0.2) is 12.2 Å². The molecule has 0 aromatic carbocycles. The number of ether oxygens (including phenoxy) is 2. The van der Waals surface area contributed by atoms with E-state index in [9.17, 15) is 9.90 Å². The second-order valence-corrected chi connectivity index (χ2v) is 5.30. The number of hydrogen-bond donors (Lipinski definition) is 1. The average molecular weight is 307 g/mol. The molecule has 0 saturated heterocycles. The van der Waals surface area contributed by atoms with Gasteiger partial charge in [0, 0.05) is 18.0 Å². The Hall–Kier alpha value is -0.390. The molecule has 0 amide bonds. The van der Waals surface area contributed by atoms with Crippen molar-refractivity contribution in [3.63, 3.8) is 0 Å². The molecule has 1 fully saturated rings. The minimum absolute atomic E-state index is 0.00181. The summed E-state index contributed by atoms with van der Waals surface area (Å²) in [6.07, 6.45) is 4.12. The highest BCUT2D eigenvalue weighted by Gasteiger charge is 2.34. The smallest absolute Gasteiger partial charge is 0.330 e. The summed E-state index contributed by atoms with van der Waals surface area (Å²) in [5, 5.41) is 9.83. The molecule has 1 N–H and O–H groups in total. The van der Waals surface area contributed by atoms with E-state index in [4.69, 9.17) is 9.47 Å². The third-order valence-electron chi connectivity index (χ3n) is 2.91. The van der Waals surface area contributed by atoms with Crippen LogP contribution in [0.4, 0.5) is 0 Å². The molecule has 0 radical (unpaired) electrons. The number of alkyl halides is 1. The van der Waals surface area contributed by atoms with Gasteiger partial charge in [-0.3, -0.25) is 0 Å². The van der Waals surface area contributed by atoms with E-state index in [0.717, 1.165) is 12.8 Å². The van der Waals surface area contributed by atoms with E-state index in [2.05, 4.69) is 15.9 Å². The van der Waals surface area contributed by atoms with Gasteiger partial charge in [-0.05, 0) is 25.7 Å². The van der Waals surface area contributed by atoms with Crippen molar-refractivity contribution in [1.29, 1.82) is 0 Å². The van der Waals surface area contributed by atoms with E-state index in [1.54, 1.807) is 14.0 Å². The van der Waals surface area contributed by atoms with Gasteiger partial charge in [0.25, 0.3) is 0 Å². The highest BCUT2D eigenvalue weighted by molar-refractivity contribution is 9.09. The summed E-state index contributed by atoms with van der Waals surface area (Å²) in [6.45, 7) is 2.16. The van der Waals surface area contributed by atoms with Crippen molar-refractivity contribution in [2.75, 3.05) is 13.7 Å². The Morgan fingerprint density at radius 3 is 2.82 bits per heavy atom. The first-order chi connectivity index (χ1) is 8.08. The monoisotopic (exact) mass is 306 g/mol. The third-order valence-corrected chi connectivity index (χ3v) is 3.82. The first-order valence-corrected chi connectivity index (χ1v) is 6.70. The van der Waals surface area contributed by atoms with E-state index >= 15 is 0 Å². The maximum absolute atomic E-state index is 11.2. The molecule has 5 heteroatoms. The van der Waals surface area contributed by atoms with Crippen molar-refractivity contribution in [1.82, 2.24) is 0 Å². The lowest BCUT2D eigenvalue weighted by Crippen LogP contribution is -2.42. The summed E-state index contributed by atoms with van der Waals surface area (Å²) in [5.74, 6) is -0.101. The van der Waals surface area contributed by atoms with E-state index in [1.807, 2.05) is 6.08 Å². The Labute approximate surface area is 110 Å². The zero-order valence-electron chi connectivity index (χ0n) is 10.1. The number of hydrogen-bond acceptors (Lipinski definition) is 4. The molecule has 0 spiro atoms. The van der Waals surface area contributed by atoms with E-state index < -0.39 is 6.10 Å². The lowest BCUT2D eigenvalue weighted by Gasteiger charge is -2.34. The van der Waals surface area contributed by atoms with Gasteiger partial charge in [0.05, 0.1) is 18.8 Å². The molecule has 0 heterocycles. The largest absolute Gasteiger partial charge is 0.463 e. The van der Waals surface area contributed by atoms with Gasteiger partial charge in [0.1, 0.15) is 0 Å². The number of aliphatic hydroxyl groups is 1. The van der Waals surface area contributed by atoms with Crippen LogP contribution in [0.5, 0.6) is 0 Å². The summed E-state index contributed by atoms with van der Waals surface area (Å²) in [5.41, 5.74) is 0. The van der Waals surface area contributed by atoms with Gasteiger partial charge in [-0.15, -0.1) is 0 Å². The van der Waals surface area contributed by atoms with E-state index in [0.29, 0.717) is 6.61 Å². The number of carbonyl (C=O) groups is 1. The molecule has 4 unspecified atom stereocenters. The molecular weight excluding hydrogens is 288 g/mol. The fraction of sp³-hybridized carbons (Fsp3) is 0.750. The molecule has 17 heavy (non-hydrogen) atoms. The molecular formula is C12H19BrO4. The first-order valence-electron chi connectivity index (χ1n) is 5.78. The summed E-state index contributed by atoms with van der Waals surface area (Å²) in [7, 11) is 1.59. The normalized spacial score (nSPS) is 33.9. The number of esters is 1. The van der Waals surface area contributed by atoms with Crippen LogP contribution >= 0.6 is 15.9 Å². The summed E-state index contributed by atoms with van der Waals surface area (Å²) in [4.78, 5) is 11.2. The standard InChI is InChI=1S/C12H19BrO4/c1-3-17-11(14)5-4-8-6-9(13)12(15)10(7-8)16-2/h4-5,8-10,12,15H,3,6-7H2,1-2H3. The summed E-state index contributed by atoms with van der Waals surface area (Å²) < 4.78 is 10.0. The van der Waals surface area contributed by atoms with Crippen LogP contribution < -0.4 is 0 Å². The number of halogens is 1. The highest BCUT2D eigenvalue weighted by Crippen LogP contribution is 2.31. The number of allylic oxidation sites excluding steroid dienone is 1. The average Bonchev–Trinajstić information content (AvgIpc) is 2.31. The first kappa shape index (κ1) is 14.7. The lowest BCUT2D eigenvalue weighted by atomic mass is 9.85. The van der Waals surface area contributed by atoms with Gasteiger partial charge in [-0.1, -0.05) is 22.0 Å². The number of carbonyl (C=O) groups excluding carboxylic acids is 1. The highest BCUT2D eigenvalue weighted by atomic mass is 79.9. The Morgan fingerprint density at radius 2 is 2.24 bits per heavy atom. The number of methoxy groups -OCH3 is 1. The van der Waals surface area contributed by atoms with Crippen molar-refractivity contribution < 1.29 is 19.4 Å². The Kier molecular flexibility index (Phi) is 6.16. The third kappa shape index (κ3) is 4.41. The molecule has 98 valence electrons. The maximum Gasteiger partial charge on any atom is 0.330 e. The number of rotatable bonds is 4. The molecule has 1 saturated carbocycles. The van der Waals surface area contributed by atoms with Crippen LogP contribution in [0.2, 0.25) is 0 Å². The van der Waals surface area contributed by atoms with Gasteiger partial charge < -0.3 is 14.6 Å². The van der Waals surface area contributed by atoms with Crippen LogP contribution in [-0.2, 0) is 14.3 Å². The Bertz CT molecular complexity index is 280. The molecule has 1 rings (SSSR count). The second-order valence-electron chi connectivity index (χ2n) is 4.12. The molecule has 0 aliphatic heterocycles. The fourth-order valence-electron chi connectivity index (χ4n) is 1.99. The van der Waals surface area contributed by atoms with Crippen LogP contribution in [0.3, 0.4) is 0 Å². The van der Waals surface area contributed by atoms with Crippen molar-refractivity contribution in [3.8, 4) is 0 Å². The van der Waals surface area contributed by atoms with Gasteiger partial charge in [0.15, 0.2) is 0 Å². The van der Waals surface area contributed by atoms with Gasteiger partial charge in [-0.2, -0.15) is 0 Å². The van der Waals surface area contributed by atoms with Crippen molar-refractivity contribution in [3.05, 3.63) is 12.2 Å². The van der Waals surface area contributed by atoms with Gasteiger partial charge >= 0.3 is 5.97 Å². The van der Waals surface area contributed by atoms with Crippen LogP contribution in [0.25, 0.3) is 0 Å².